The van der Waals surface area contributed by atoms with Crippen molar-refractivity contribution in [3.8, 4) is 0 Å². The lowest BCUT2D eigenvalue weighted by Crippen LogP contribution is -2.15. The molecule has 0 bridgehead atoms. The summed E-state index contributed by atoms with van der Waals surface area (Å²) in [6, 6.07) is 12.3. The lowest BCUT2D eigenvalue weighted by molar-refractivity contribution is -0.116. The third kappa shape index (κ3) is 5.07. The van der Waals surface area contributed by atoms with Gasteiger partial charge in [-0.15, -0.1) is 10.2 Å². The summed E-state index contributed by atoms with van der Waals surface area (Å²) < 4.78 is 2.22. The second-order valence-electron chi connectivity index (χ2n) is 8.27. The second-order valence-corrected chi connectivity index (χ2v) is 8.67. The lowest BCUT2D eigenvalue weighted by atomic mass is 10.1. The van der Waals surface area contributed by atoms with Crippen LogP contribution >= 0.6 is 11.6 Å². The van der Waals surface area contributed by atoms with E-state index in [1.54, 1.807) is 0 Å². The SMILES string of the molecule is Cc1ccc(NCc2nnc(CCC(=O)Nc3cccc(Cl)c3C)n2C2CC2)c(C)c1. The third-order valence-corrected chi connectivity index (χ3v) is 6.09. The van der Waals surface area contributed by atoms with Crippen LogP contribution in [0.25, 0.3) is 0 Å². The van der Waals surface area contributed by atoms with E-state index in [9.17, 15) is 4.79 Å². The number of hydrogen-bond acceptors (Lipinski definition) is 4. The van der Waals surface area contributed by atoms with E-state index >= 15 is 0 Å². The zero-order valence-corrected chi connectivity index (χ0v) is 19.0. The van der Waals surface area contributed by atoms with Gasteiger partial charge < -0.3 is 15.2 Å². The summed E-state index contributed by atoms with van der Waals surface area (Å²) in [5, 5.41) is 15.9. The Kier molecular flexibility index (Phi) is 6.28. The van der Waals surface area contributed by atoms with E-state index in [2.05, 4.69) is 57.4 Å². The maximum atomic E-state index is 12.5. The number of nitrogens with one attached hydrogen (secondary N) is 2. The average molecular weight is 438 g/mol. The monoisotopic (exact) mass is 437 g/mol. The van der Waals surface area contributed by atoms with Crippen LogP contribution in [0.5, 0.6) is 0 Å². The molecule has 1 saturated carbocycles. The first-order valence-corrected chi connectivity index (χ1v) is 11.1. The molecule has 1 aliphatic carbocycles. The Morgan fingerprint density at radius 3 is 2.61 bits per heavy atom. The van der Waals surface area contributed by atoms with Crippen LogP contribution in [0.1, 0.15) is 53.6 Å². The van der Waals surface area contributed by atoms with E-state index < -0.39 is 0 Å². The first-order valence-electron chi connectivity index (χ1n) is 10.7. The summed E-state index contributed by atoms with van der Waals surface area (Å²) in [6.07, 6.45) is 3.17. The molecule has 6 nitrogen and oxygen atoms in total. The van der Waals surface area contributed by atoms with Crippen LogP contribution in [0, 0.1) is 20.8 Å². The molecule has 0 atom stereocenters. The molecule has 1 amide bonds. The molecule has 2 aromatic carbocycles. The number of carbonyl (C=O) groups excluding carboxylic acids is 1. The normalized spacial score (nSPS) is 13.3. The zero-order chi connectivity index (χ0) is 22.0. The van der Waals surface area contributed by atoms with Crippen molar-refractivity contribution < 1.29 is 4.79 Å². The van der Waals surface area contributed by atoms with Crippen molar-refractivity contribution in [2.45, 2.75) is 59.0 Å². The van der Waals surface area contributed by atoms with Crippen molar-refractivity contribution in [3.63, 3.8) is 0 Å². The molecule has 31 heavy (non-hydrogen) atoms. The van der Waals surface area contributed by atoms with Crippen molar-refractivity contribution in [2.75, 3.05) is 10.6 Å². The van der Waals surface area contributed by atoms with Gasteiger partial charge >= 0.3 is 0 Å². The maximum absolute atomic E-state index is 12.5. The topological polar surface area (TPSA) is 71.8 Å². The van der Waals surface area contributed by atoms with Crippen LogP contribution in [0.15, 0.2) is 36.4 Å². The smallest absolute Gasteiger partial charge is 0.224 e. The number of rotatable bonds is 8. The van der Waals surface area contributed by atoms with Gasteiger partial charge in [0.05, 0.1) is 6.54 Å². The number of halogens is 1. The maximum Gasteiger partial charge on any atom is 0.224 e. The van der Waals surface area contributed by atoms with Crippen LogP contribution < -0.4 is 10.6 Å². The average Bonchev–Trinajstić information content (AvgIpc) is 3.49. The molecule has 1 aliphatic rings. The summed E-state index contributed by atoms with van der Waals surface area (Å²) in [4.78, 5) is 12.5. The Hall–Kier alpha value is -2.86. The standard InChI is InChI=1S/C24H28ClN5O/c1-15-7-10-20(16(2)13-15)26-14-23-29-28-22(30(23)18-8-9-18)11-12-24(31)27-21-6-4-5-19(25)17(21)3/h4-7,10,13,18,26H,8-9,11-12,14H2,1-3H3,(H,27,31). The summed E-state index contributed by atoms with van der Waals surface area (Å²) in [6.45, 7) is 6.71. The number of aryl methyl sites for hydroxylation is 3. The molecular formula is C24H28ClN5O. The van der Waals surface area contributed by atoms with Crippen LogP contribution in [0.2, 0.25) is 5.02 Å². The van der Waals surface area contributed by atoms with Gasteiger partial charge in [-0.2, -0.15) is 0 Å². The highest BCUT2D eigenvalue weighted by atomic mass is 35.5. The van der Waals surface area contributed by atoms with Gasteiger partial charge in [-0.05, 0) is 62.9 Å². The van der Waals surface area contributed by atoms with Gasteiger partial charge in [0.15, 0.2) is 5.82 Å². The Balaban J connectivity index is 1.40. The first-order chi connectivity index (χ1) is 14.9. The predicted octanol–water partition coefficient (Wildman–Crippen LogP) is 5.38. The van der Waals surface area contributed by atoms with Crippen molar-refractivity contribution >= 4 is 28.9 Å². The largest absolute Gasteiger partial charge is 0.378 e. The molecule has 1 aromatic heterocycles. The van der Waals surface area contributed by atoms with Crippen LogP contribution in [0.3, 0.4) is 0 Å². The van der Waals surface area contributed by atoms with E-state index in [-0.39, 0.29) is 5.91 Å². The number of amides is 1. The van der Waals surface area contributed by atoms with Crippen LogP contribution in [-0.2, 0) is 17.8 Å². The molecular weight excluding hydrogens is 410 g/mol. The quantitative estimate of drug-likeness (QED) is 0.496. The number of aromatic nitrogens is 3. The Bertz CT molecular complexity index is 1100. The lowest BCUT2D eigenvalue weighted by Gasteiger charge is -2.13. The van der Waals surface area contributed by atoms with Crippen molar-refractivity contribution in [1.29, 1.82) is 0 Å². The van der Waals surface area contributed by atoms with E-state index in [0.717, 1.165) is 41.4 Å². The number of carbonyl (C=O) groups is 1. The molecule has 0 radical (unpaired) electrons. The number of nitrogens with zero attached hydrogens (tertiary/aromatic N) is 3. The van der Waals surface area contributed by atoms with Gasteiger partial charge in [-0.3, -0.25) is 4.79 Å². The molecule has 1 fully saturated rings. The minimum absolute atomic E-state index is 0.0503. The molecule has 7 heteroatoms. The minimum atomic E-state index is -0.0503. The Labute approximate surface area is 188 Å². The van der Waals surface area contributed by atoms with Gasteiger partial charge in [0.2, 0.25) is 5.91 Å². The van der Waals surface area contributed by atoms with E-state index in [1.165, 1.54) is 11.1 Å². The molecule has 0 aliphatic heterocycles. The van der Waals surface area contributed by atoms with Gasteiger partial charge in [0.25, 0.3) is 0 Å². The fourth-order valence-electron chi connectivity index (χ4n) is 3.77. The molecule has 0 spiro atoms. The van der Waals surface area contributed by atoms with Gasteiger partial charge in [0.1, 0.15) is 5.82 Å². The summed E-state index contributed by atoms with van der Waals surface area (Å²) >= 11 is 6.15. The molecule has 4 rings (SSSR count). The number of hydrogen-bond donors (Lipinski definition) is 2. The molecule has 0 unspecified atom stereocenters. The van der Waals surface area contributed by atoms with Crippen molar-refractivity contribution in [2.24, 2.45) is 0 Å². The Morgan fingerprint density at radius 2 is 1.87 bits per heavy atom. The summed E-state index contributed by atoms with van der Waals surface area (Å²) in [5.74, 6) is 1.74. The second kappa shape index (κ2) is 9.10. The first kappa shape index (κ1) is 21.4. The summed E-state index contributed by atoms with van der Waals surface area (Å²) in [5.41, 5.74) is 5.19. The highest BCUT2D eigenvalue weighted by Gasteiger charge is 2.29. The number of benzene rings is 2. The highest BCUT2D eigenvalue weighted by Crippen LogP contribution is 2.37. The van der Waals surface area contributed by atoms with E-state index in [0.29, 0.717) is 30.5 Å². The molecule has 3 aromatic rings. The highest BCUT2D eigenvalue weighted by molar-refractivity contribution is 6.31. The number of anilines is 2. The van der Waals surface area contributed by atoms with Crippen molar-refractivity contribution in [1.82, 2.24) is 14.8 Å². The van der Waals surface area contributed by atoms with Gasteiger partial charge in [0, 0.05) is 35.3 Å². The van der Waals surface area contributed by atoms with Crippen LogP contribution in [0.4, 0.5) is 11.4 Å². The van der Waals surface area contributed by atoms with E-state index in [1.807, 2.05) is 25.1 Å². The molecule has 162 valence electrons. The Morgan fingerprint density at radius 1 is 1.10 bits per heavy atom. The third-order valence-electron chi connectivity index (χ3n) is 5.69. The zero-order valence-electron chi connectivity index (χ0n) is 18.2. The fraction of sp³-hybridized carbons (Fsp3) is 0.375. The van der Waals surface area contributed by atoms with Crippen molar-refractivity contribution in [3.05, 3.63) is 69.8 Å². The van der Waals surface area contributed by atoms with Gasteiger partial charge in [-0.1, -0.05) is 35.4 Å². The minimum Gasteiger partial charge on any atom is -0.378 e. The van der Waals surface area contributed by atoms with E-state index in [4.69, 9.17) is 11.6 Å². The molecule has 2 N–H and O–H groups in total. The van der Waals surface area contributed by atoms with Crippen LogP contribution in [-0.4, -0.2) is 20.7 Å². The molecule has 1 heterocycles. The fourth-order valence-corrected chi connectivity index (χ4v) is 3.95. The molecule has 0 saturated heterocycles. The summed E-state index contributed by atoms with van der Waals surface area (Å²) in [7, 11) is 0. The predicted molar refractivity (Wildman–Crippen MR) is 125 cm³/mol. The van der Waals surface area contributed by atoms with Gasteiger partial charge in [-0.25, -0.2) is 0 Å².